The van der Waals surface area contributed by atoms with Gasteiger partial charge in [0.25, 0.3) is 0 Å². The topological polar surface area (TPSA) is 17.1 Å². The smallest absolute Gasteiger partial charge is 0.164 e. The summed E-state index contributed by atoms with van der Waals surface area (Å²) in [5.74, 6) is 0.304. The van der Waals surface area contributed by atoms with Crippen LogP contribution in [0, 0.1) is 6.92 Å². The van der Waals surface area contributed by atoms with Crippen LogP contribution in [0.4, 0.5) is 0 Å². The van der Waals surface area contributed by atoms with Crippen molar-refractivity contribution in [1.82, 2.24) is 0 Å². The van der Waals surface area contributed by atoms with Crippen LogP contribution in [0.25, 0.3) is 0 Å². The summed E-state index contributed by atoms with van der Waals surface area (Å²) < 4.78 is 0. The van der Waals surface area contributed by atoms with Gasteiger partial charge in [-0.15, -0.1) is 0 Å². The summed E-state index contributed by atoms with van der Waals surface area (Å²) >= 11 is 0. The van der Waals surface area contributed by atoms with Crippen molar-refractivity contribution < 1.29 is 4.79 Å². The number of benzene rings is 1. The molecule has 0 fully saturated rings. The van der Waals surface area contributed by atoms with Crippen molar-refractivity contribution in [3.05, 3.63) is 34.9 Å². The highest BCUT2D eigenvalue weighted by Gasteiger charge is 2.36. The molecule has 0 saturated heterocycles. The Labute approximate surface area is 78.8 Å². The average molecular weight is 174 g/mol. The second-order valence-electron chi connectivity index (χ2n) is 4.48. The normalized spacial score (nSPS) is 18.8. The molecule has 0 amide bonds. The summed E-state index contributed by atoms with van der Waals surface area (Å²) in [6, 6.07) is 6.12. The lowest BCUT2D eigenvalue weighted by molar-refractivity contribution is 0.0979. The van der Waals surface area contributed by atoms with Gasteiger partial charge >= 0.3 is 0 Å². The zero-order valence-corrected chi connectivity index (χ0v) is 8.35. The summed E-state index contributed by atoms with van der Waals surface area (Å²) in [7, 11) is 0. The van der Waals surface area contributed by atoms with Crippen LogP contribution in [0.3, 0.4) is 0 Å². The van der Waals surface area contributed by atoms with E-state index in [2.05, 4.69) is 19.9 Å². The molecule has 0 unspecified atom stereocenters. The second-order valence-corrected chi connectivity index (χ2v) is 4.48. The molecule has 13 heavy (non-hydrogen) atoms. The van der Waals surface area contributed by atoms with Crippen LogP contribution < -0.4 is 0 Å². The number of rotatable bonds is 0. The molecule has 0 spiro atoms. The first kappa shape index (κ1) is 8.49. The van der Waals surface area contributed by atoms with Gasteiger partial charge in [-0.25, -0.2) is 0 Å². The van der Waals surface area contributed by atoms with E-state index in [-0.39, 0.29) is 5.41 Å². The van der Waals surface area contributed by atoms with Gasteiger partial charge in [-0.1, -0.05) is 32.0 Å². The third-order valence-electron chi connectivity index (χ3n) is 2.88. The molecular weight excluding hydrogens is 160 g/mol. The third-order valence-corrected chi connectivity index (χ3v) is 2.88. The number of carbonyl (C=O) groups excluding carboxylic acids is 1. The molecule has 1 heteroatoms. The number of aryl methyl sites for hydroxylation is 1. The van der Waals surface area contributed by atoms with Crippen LogP contribution in [-0.2, 0) is 5.41 Å². The fourth-order valence-corrected chi connectivity index (χ4v) is 2.19. The van der Waals surface area contributed by atoms with Crippen molar-refractivity contribution in [3.63, 3.8) is 0 Å². The van der Waals surface area contributed by atoms with Gasteiger partial charge in [-0.2, -0.15) is 0 Å². The molecule has 0 radical (unpaired) electrons. The van der Waals surface area contributed by atoms with Crippen LogP contribution in [0.15, 0.2) is 18.2 Å². The van der Waals surface area contributed by atoms with Crippen molar-refractivity contribution in [1.29, 1.82) is 0 Å². The zero-order valence-electron chi connectivity index (χ0n) is 8.35. The van der Waals surface area contributed by atoms with Crippen LogP contribution in [0.1, 0.15) is 41.8 Å². The molecular formula is C12H14O. The summed E-state index contributed by atoms with van der Waals surface area (Å²) in [5.41, 5.74) is 3.34. The zero-order chi connectivity index (χ0) is 9.64. The van der Waals surface area contributed by atoms with E-state index in [0.29, 0.717) is 12.2 Å². The highest BCUT2D eigenvalue weighted by molar-refractivity contribution is 6.03. The van der Waals surface area contributed by atoms with Gasteiger partial charge in [0.05, 0.1) is 0 Å². The predicted molar refractivity (Wildman–Crippen MR) is 53.2 cm³/mol. The van der Waals surface area contributed by atoms with Gasteiger partial charge < -0.3 is 0 Å². The Hall–Kier alpha value is -1.11. The number of Topliss-reactive ketones (excluding diaryl/α,β-unsaturated/α-hetero) is 1. The van der Waals surface area contributed by atoms with Crippen molar-refractivity contribution in [2.75, 3.05) is 0 Å². The maximum Gasteiger partial charge on any atom is 0.164 e. The fraction of sp³-hybridized carbons (Fsp3) is 0.417. The largest absolute Gasteiger partial charge is 0.294 e. The van der Waals surface area contributed by atoms with Gasteiger partial charge in [0.1, 0.15) is 0 Å². The molecule has 0 bridgehead atoms. The van der Waals surface area contributed by atoms with E-state index >= 15 is 0 Å². The summed E-state index contributed by atoms with van der Waals surface area (Å²) in [6.07, 6.45) is 0.660. The van der Waals surface area contributed by atoms with E-state index < -0.39 is 0 Å². The Kier molecular flexibility index (Phi) is 1.59. The first-order valence-corrected chi connectivity index (χ1v) is 4.66. The molecule has 1 aliphatic rings. The van der Waals surface area contributed by atoms with Crippen LogP contribution >= 0.6 is 0 Å². The van der Waals surface area contributed by atoms with Gasteiger partial charge in [-0.05, 0) is 23.5 Å². The molecule has 0 aliphatic heterocycles. The lowest BCUT2D eigenvalue weighted by Crippen LogP contribution is -2.12. The Bertz CT molecular complexity index is 375. The number of ketones is 1. The van der Waals surface area contributed by atoms with Crippen LogP contribution in [0.5, 0.6) is 0 Å². The van der Waals surface area contributed by atoms with Gasteiger partial charge in [0, 0.05) is 12.0 Å². The van der Waals surface area contributed by atoms with E-state index in [1.54, 1.807) is 0 Å². The van der Waals surface area contributed by atoms with E-state index in [9.17, 15) is 4.79 Å². The average Bonchev–Trinajstić information content (AvgIpc) is 2.24. The van der Waals surface area contributed by atoms with Gasteiger partial charge in [0.2, 0.25) is 0 Å². The number of fused-ring (bicyclic) bond motifs is 1. The lowest BCUT2D eigenvalue weighted by atomic mass is 9.86. The van der Waals surface area contributed by atoms with Gasteiger partial charge in [-0.3, -0.25) is 4.79 Å². The molecule has 0 saturated carbocycles. The van der Waals surface area contributed by atoms with Crippen LogP contribution in [-0.4, -0.2) is 5.78 Å². The first-order valence-electron chi connectivity index (χ1n) is 4.66. The van der Waals surface area contributed by atoms with E-state index in [4.69, 9.17) is 0 Å². The Morgan fingerprint density at radius 3 is 2.62 bits per heavy atom. The van der Waals surface area contributed by atoms with Crippen molar-refractivity contribution >= 4 is 5.78 Å². The predicted octanol–water partition coefficient (Wildman–Crippen LogP) is 2.86. The molecule has 0 aromatic heterocycles. The quantitative estimate of drug-likeness (QED) is 0.591. The maximum atomic E-state index is 11.7. The minimum absolute atomic E-state index is 0.0401. The van der Waals surface area contributed by atoms with Crippen molar-refractivity contribution in [2.45, 2.75) is 32.6 Å². The minimum Gasteiger partial charge on any atom is -0.294 e. The standard InChI is InChI=1S/C12H14O/c1-8-5-4-6-9-11(8)10(13)7-12(9,2)3/h4-6H,7H2,1-3H3. The van der Waals surface area contributed by atoms with E-state index in [1.165, 1.54) is 5.56 Å². The molecule has 2 rings (SSSR count). The fourth-order valence-electron chi connectivity index (χ4n) is 2.19. The Morgan fingerprint density at radius 1 is 1.31 bits per heavy atom. The van der Waals surface area contributed by atoms with E-state index in [1.807, 2.05) is 19.1 Å². The molecule has 0 heterocycles. The molecule has 1 aromatic carbocycles. The minimum atomic E-state index is 0.0401. The molecule has 0 N–H and O–H groups in total. The van der Waals surface area contributed by atoms with E-state index in [0.717, 1.165) is 11.1 Å². The van der Waals surface area contributed by atoms with Crippen molar-refractivity contribution in [2.24, 2.45) is 0 Å². The molecule has 68 valence electrons. The summed E-state index contributed by atoms with van der Waals surface area (Å²) in [6.45, 7) is 6.28. The number of hydrogen-bond acceptors (Lipinski definition) is 1. The maximum absolute atomic E-state index is 11.7. The van der Waals surface area contributed by atoms with Crippen molar-refractivity contribution in [3.8, 4) is 0 Å². The highest BCUT2D eigenvalue weighted by Crippen LogP contribution is 2.39. The van der Waals surface area contributed by atoms with Gasteiger partial charge in [0.15, 0.2) is 5.78 Å². The lowest BCUT2D eigenvalue weighted by Gasteiger charge is -2.17. The second kappa shape index (κ2) is 2.44. The molecule has 1 aromatic rings. The monoisotopic (exact) mass is 174 g/mol. The summed E-state index contributed by atoms with van der Waals surface area (Å²) in [4.78, 5) is 11.7. The summed E-state index contributed by atoms with van der Waals surface area (Å²) in [5, 5.41) is 0. The highest BCUT2D eigenvalue weighted by atomic mass is 16.1. The first-order chi connectivity index (χ1) is 6.02. The molecule has 1 nitrogen and oxygen atoms in total. The third kappa shape index (κ3) is 1.11. The Balaban J connectivity index is 2.72. The number of carbonyl (C=O) groups is 1. The SMILES string of the molecule is Cc1cccc2c1C(=O)CC2(C)C. The Morgan fingerprint density at radius 2 is 2.00 bits per heavy atom. The number of hydrogen-bond donors (Lipinski definition) is 0. The van der Waals surface area contributed by atoms with Crippen LogP contribution in [0.2, 0.25) is 0 Å². The molecule has 0 atom stereocenters. The molecule has 1 aliphatic carbocycles.